The molecule has 5 heteroatoms. The van der Waals surface area contributed by atoms with Crippen molar-refractivity contribution in [2.75, 3.05) is 7.11 Å². The zero-order chi connectivity index (χ0) is 12.2. The molecular formula is C11H17NO3S. The third-order valence-electron chi connectivity index (χ3n) is 2.39. The number of hydrogen-bond donors (Lipinski definition) is 1. The third kappa shape index (κ3) is 3.21. The van der Waals surface area contributed by atoms with Crippen molar-refractivity contribution in [1.82, 2.24) is 0 Å². The highest BCUT2D eigenvalue weighted by Gasteiger charge is 2.11. The second-order valence-corrected chi connectivity index (χ2v) is 5.18. The Labute approximate surface area is 96.5 Å². The normalized spacial score (nSPS) is 11.4. The van der Waals surface area contributed by atoms with E-state index in [1.807, 2.05) is 0 Å². The fourth-order valence-corrected chi connectivity index (χ4v) is 2.00. The summed E-state index contributed by atoms with van der Waals surface area (Å²) in [6, 6.07) is 4.75. The fraction of sp³-hybridized carbons (Fsp3) is 0.455. The Morgan fingerprint density at radius 1 is 1.38 bits per heavy atom. The highest BCUT2D eigenvalue weighted by molar-refractivity contribution is 7.89. The molecule has 0 aromatic heterocycles. The van der Waals surface area contributed by atoms with Gasteiger partial charge in [-0.25, -0.2) is 13.6 Å². The lowest BCUT2D eigenvalue weighted by atomic mass is 10.1. The predicted octanol–water partition coefficient (Wildman–Crippen LogP) is 1.69. The van der Waals surface area contributed by atoms with Crippen LogP contribution in [0.2, 0.25) is 0 Å². The monoisotopic (exact) mass is 243 g/mol. The van der Waals surface area contributed by atoms with E-state index in [2.05, 4.69) is 6.92 Å². The molecule has 0 saturated heterocycles. The molecule has 0 saturated carbocycles. The zero-order valence-electron chi connectivity index (χ0n) is 9.56. The van der Waals surface area contributed by atoms with E-state index >= 15 is 0 Å². The molecule has 0 radical (unpaired) electrons. The Morgan fingerprint density at radius 2 is 2.06 bits per heavy atom. The van der Waals surface area contributed by atoms with Crippen molar-refractivity contribution in [1.29, 1.82) is 0 Å². The number of unbranched alkanes of at least 4 members (excludes halogenated alkanes) is 1. The smallest absolute Gasteiger partial charge is 0.238 e. The van der Waals surface area contributed by atoms with Gasteiger partial charge in [-0.2, -0.15) is 0 Å². The maximum absolute atomic E-state index is 11.1. The largest absolute Gasteiger partial charge is 0.496 e. The van der Waals surface area contributed by atoms with E-state index in [4.69, 9.17) is 9.88 Å². The Bertz CT molecular complexity index is 454. The van der Waals surface area contributed by atoms with Crippen molar-refractivity contribution < 1.29 is 13.2 Å². The van der Waals surface area contributed by atoms with Gasteiger partial charge in [-0.15, -0.1) is 0 Å². The first kappa shape index (κ1) is 13.0. The summed E-state index contributed by atoms with van der Waals surface area (Å²) in [6.07, 6.45) is 3.01. The predicted molar refractivity (Wildman–Crippen MR) is 63.0 cm³/mol. The highest BCUT2D eigenvalue weighted by Crippen LogP contribution is 2.23. The van der Waals surface area contributed by atoms with Gasteiger partial charge in [0.1, 0.15) is 5.75 Å². The van der Waals surface area contributed by atoms with Crippen LogP contribution in [0.4, 0.5) is 0 Å². The van der Waals surface area contributed by atoms with Crippen LogP contribution >= 0.6 is 0 Å². The van der Waals surface area contributed by atoms with E-state index in [0.717, 1.165) is 24.8 Å². The summed E-state index contributed by atoms with van der Waals surface area (Å²) in [6.45, 7) is 2.10. The highest BCUT2D eigenvalue weighted by atomic mass is 32.2. The van der Waals surface area contributed by atoms with Crippen LogP contribution in [0, 0.1) is 0 Å². The van der Waals surface area contributed by atoms with Gasteiger partial charge in [0, 0.05) is 6.07 Å². The van der Waals surface area contributed by atoms with Crippen molar-refractivity contribution in [2.45, 2.75) is 31.1 Å². The SMILES string of the molecule is CCCCc1ccc(S(N)(=O)=O)cc1OC. The van der Waals surface area contributed by atoms with Crippen LogP contribution in [0.5, 0.6) is 5.75 Å². The lowest BCUT2D eigenvalue weighted by molar-refractivity contribution is 0.407. The minimum Gasteiger partial charge on any atom is -0.496 e. The second kappa shape index (κ2) is 5.32. The number of nitrogens with two attached hydrogens (primary N) is 1. The number of methoxy groups -OCH3 is 1. The minimum absolute atomic E-state index is 0.0876. The third-order valence-corrected chi connectivity index (χ3v) is 3.30. The molecule has 0 fully saturated rings. The first-order chi connectivity index (χ1) is 7.49. The first-order valence-electron chi connectivity index (χ1n) is 5.18. The van der Waals surface area contributed by atoms with Gasteiger partial charge in [0.15, 0.2) is 0 Å². The molecule has 0 atom stereocenters. The molecule has 1 rings (SSSR count). The maximum atomic E-state index is 11.1. The molecule has 0 unspecified atom stereocenters. The molecule has 0 spiro atoms. The maximum Gasteiger partial charge on any atom is 0.238 e. The summed E-state index contributed by atoms with van der Waals surface area (Å²) < 4.78 is 27.5. The van der Waals surface area contributed by atoms with Crippen LogP contribution in [0.15, 0.2) is 23.1 Å². The lowest BCUT2D eigenvalue weighted by Crippen LogP contribution is -2.12. The minimum atomic E-state index is -3.65. The molecule has 1 aromatic carbocycles. The molecule has 0 amide bonds. The van der Waals surface area contributed by atoms with Gasteiger partial charge in [-0.1, -0.05) is 19.4 Å². The van der Waals surface area contributed by atoms with Crippen molar-refractivity contribution in [3.05, 3.63) is 23.8 Å². The number of benzene rings is 1. The van der Waals surface area contributed by atoms with E-state index in [0.29, 0.717) is 5.75 Å². The van der Waals surface area contributed by atoms with Gasteiger partial charge in [0.2, 0.25) is 10.0 Å². The number of sulfonamides is 1. The van der Waals surface area contributed by atoms with Gasteiger partial charge < -0.3 is 4.74 Å². The van der Waals surface area contributed by atoms with Crippen LogP contribution in [0.1, 0.15) is 25.3 Å². The van der Waals surface area contributed by atoms with Crippen LogP contribution in [0.25, 0.3) is 0 Å². The van der Waals surface area contributed by atoms with Crippen LogP contribution in [-0.2, 0) is 16.4 Å². The molecule has 2 N–H and O–H groups in total. The quantitative estimate of drug-likeness (QED) is 0.855. The van der Waals surface area contributed by atoms with Crippen molar-refractivity contribution in [3.63, 3.8) is 0 Å². The molecule has 0 aliphatic carbocycles. The topological polar surface area (TPSA) is 69.4 Å². The van der Waals surface area contributed by atoms with E-state index in [9.17, 15) is 8.42 Å². The number of ether oxygens (including phenoxy) is 1. The second-order valence-electron chi connectivity index (χ2n) is 3.62. The summed E-state index contributed by atoms with van der Waals surface area (Å²) in [5.41, 5.74) is 1.01. The van der Waals surface area contributed by atoms with Crippen molar-refractivity contribution >= 4 is 10.0 Å². The Balaban J connectivity index is 3.07. The summed E-state index contributed by atoms with van der Waals surface area (Å²) in [7, 11) is -2.13. The first-order valence-corrected chi connectivity index (χ1v) is 6.73. The summed E-state index contributed by atoms with van der Waals surface area (Å²) in [5.74, 6) is 0.583. The molecule has 0 heterocycles. The summed E-state index contributed by atoms with van der Waals surface area (Å²) in [4.78, 5) is 0.0876. The number of hydrogen-bond acceptors (Lipinski definition) is 3. The Kier molecular flexibility index (Phi) is 4.32. The van der Waals surface area contributed by atoms with Gasteiger partial charge in [0.05, 0.1) is 12.0 Å². The lowest BCUT2D eigenvalue weighted by Gasteiger charge is -2.09. The number of rotatable bonds is 5. The average molecular weight is 243 g/mol. The van der Waals surface area contributed by atoms with Crippen LogP contribution in [-0.4, -0.2) is 15.5 Å². The molecular weight excluding hydrogens is 226 g/mol. The van der Waals surface area contributed by atoms with Gasteiger partial charge in [-0.3, -0.25) is 0 Å². The number of primary sulfonamides is 1. The summed E-state index contributed by atoms with van der Waals surface area (Å²) >= 11 is 0. The standard InChI is InChI=1S/C11H17NO3S/c1-3-4-5-9-6-7-10(16(12,13)14)8-11(9)15-2/h6-8H,3-5H2,1-2H3,(H2,12,13,14). The number of aryl methyl sites for hydroxylation is 1. The molecule has 4 nitrogen and oxygen atoms in total. The van der Waals surface area contributed by atoms with Gasteiger partial charge in [0.25, 0.3) is 0 Å². The molecule has 1 aromatic rings. The van der Waals surface area contributed by atoms with E-state index < -0.39 is 10.0 Å². The van der Waals surface area contributed by atoms with Gasteiger partial charge in [-0.05, 0) is 24.5 Å². The molecule has 16 heavy (non-hydrogen) atoms. The summed E-state index contributed by atoms with van der Waals surface area (Å²) in [5, 5.41) is 5.05. The molecule has 0 bridgehead atoms. The Morgan fingerprint density at radius 3 is 2.56 bits per heavy atom. The van der Waals surface area contributed by atoms with Gasteiger partial charge >= 0.3 is 0 Å². The fourth-order valence-electron chi connectivity index (χ4n) is 1.48. The van der Waals surface area contributed by atoms with Crippen molar-refractivity contribution in [2.24, 2.45) is 5.14 Å². The Hall–Kier alpha value is -1.07. The average Bonchev–Trinajstić information content (AvgIpc) is 2.24. The van der Waals surface area contributed by atoms with Crippen LogP contribution < -0.4 is 9.88 Å². The van der Waals surface area contributed by atoms with E-state index in [1.165, 1.54) is 19.2 Å². The zero-order valence-corrected chi connectivity index (χ0v) is 10.4. The molecule has 0 aliphatic rings. The molecule has 90 valence electrons. The van der Waals surface area contributed by atoms with E-state index in [-0.39, 0.29) is 4.90 Å². The van der Waals surface area contributed by atoms with E-state index in [1.54, 1.807) is 6.07 Å². The molecule has 0 aliphatic heterocycles. The van der Waals surface area contributed by atoms with Crippen molar-refractivity contribution in [3.8, 4) is 5.75 Å². The van der Waals surface area contributed by atoms with Crippen LogP contribution in [0.3, 0.4) is 0 Å².